The van der Waals surface area contributed by atoms with Gasteiger partial charge in [0.25, 0.3) is 0 Å². The van der Waals surface area contributed by atoms with Crippen molar-refractivity contribution in [2.45, 2.75) is 6.92 Å². The van der Waals surface area contributed by atoms with Crippen molar-refractivity contribution in [3.05, 3.63) is 248 Å². The van der Waals surface area contributed by atoms with Crippen molar-refractivity contribution in [2.75, 3.05) is 0 Å². The number of hydrogen-bond acceptors (Lipinski definition) is 1. The summed E-state index contributed by atoms with van der Waals surface area (Å²) in [6, 6.07) is 83.3. The number of amidine groups is 1. The van der Waals surface area contributed by atoms with E-state index in [-0.39, 0.29) is 0 Å². The zero-order chi connectivity index (χ0) is 39.8. The zero-order valence-electron chi connectivity index (χ0n) is 32.9. The highest BCUT2D eigenvalue weighted by molar-refractivity contribution is 6.13. The summed E-state index contributed by atoms with van der Waals surface area (Å²) in [6.45, 7) is 2.09. The van der Waals surface area contributed by atoms with Gasteiger partial charge >= 0.3 is 0 Å². The second-order valence-corrected chi connectivity index (χ2v) is 14.6. The van der Waals surface area contributed by atoms with Crippen molar-refractivity contribution < 1.29 is 0 Å². The molecule has 0 radical (unpaired) electrons. The Morgan fingerprint density at radius 1 is 0.305 bits per heavy atom. The molecule has 0 aromatic heterocycles. The molecule has 9 aromatic rings. The highest BCUT2D eigenvalue weighted by atomic mass is 14.9. The molecule has 9 rings (SSSR count). The number of hydrogen-bond donors (Lipinski definition) is 0. The van der Waals surface area contributed by atoms with Gasteiger partial charge in [0.1, 0.15) is 0 Å². The Hall–Kier alpha value is -7.68. The lowest BCUT2D eigenvalue weighted by Crippen LogP contribution is -2.04. The summed E-state index contributed by atoms with van der Waals surface area (Å²) >= 11 is 0. The van der Waals surface area contributed by atoms with Gasteiger partial charge in [-0.1, -0.05) is 200 Å². The summed E-state index contributed by atoms with van der Waals surface area (Å²) in [7, 11) is 0. The highest BCUT2D eigenvalue weighted by Crippen LogP contribution is 2.43. The normalized spacial score (nSPS) is 11.7. The fraction of sp³-hybridized carbons (Fsp3) is 0.0175. The minimum absolute atomic E-state index is 0.645. The molecule has 0 amide bonds. The van der Waals surface area contributed by atoms with Gasteiger partial charge in [0, 0.05) is 11.3 Å². The fourth-order valence-corrected chi connectivity index (χ4v) is 7.69. The van der Waals surface area contributed by atoms with Gasteiger partial charge in [0.2, 0.25) is 0 Å². The van der Waals surface area contributed by atoms with Crippen LogP contribution in [0.3, 0.4) is 0 Å². The number of benzene rings is 9. The van der Waals surface area contributed by atoms with Crippen molar-refractivity contribution >= 4 is 17.2 Å². The van der Waals surface area contributed by atoms with E-state index in [2.05, 4.69) is 225 Å². The summed E-state index contributed by atoms with van der Waals surface area (Å²) in [6.07, 6.45) is 0. The van der Waals surface area contributed by atoms with Crippen LogP contribution in [0.5, 0.6) is 0 Å². The van der Waals surface area contributed by atoms with Gasteiger partial charge < -0.3 is 0 Å². The Labute approximate surface area is 347 Å². The molecule has 0 aliphatic rings. The molecule has 0 fully saturated rings. The second-order valence-electron chi connectivity index (χ2n) is 14.6. The minimum atomic E-state index is 0.645. The van der Waals surface area contributed by atoms with Crippen molar-refractivity contribution in [1.82, 2.24) is 0 Å². The van der Waals surface area contributed by atoms with Crippen LogP contribution in [-0.2, 0) is 0 Å². The highest BCUT2D eigenvalue weighted by Gasteiger charge is 2.17. The summed E-state index contributed by atoms with van der Waals surface area (Å²) in [5, 5.41) is 0. The third kappa shape index (κ3) is 8.39. The molecular weight excluding hydrogens is 713 g/mol. The molecule has 0 atom stereocenters. The Bertz CT molecular complexity index is 2820. The minimum Gasteiger partial charge on any atom is -0.233 e. The molecule has 0 unspecified atom stereocenters. The van der Waals surface area contributed by atoms with Crippen LogP contribution in [0.2, 0.25) is 0 Å². The van der Waals surface area contributed by atoms with Gasteiger partial charge in [-0.3, -0.25) is 0 Å². The summed E-state index contributed by atoms with van der Waals surface area (Å²) in [5.74, 6) is 0.645. The van der Waals surface area contributed by atoms with Gasteiger partial charge in [-0.25, -0.2) is 9.98 Å². The lowest BCUT2D eigenvalue weighted by atomic mass is 9.87. The third-order valence-corrected chi connectivity index (χ3v) is 10.7. The van der Waals surface area contributed by atoms with E-state index in [9.17, 15) is 0 Å². The zero-order valence-corrected chi connectivity index (χ0v) is 32.9. The Balaban J connectivity index is 1.23. The average Bonchev–Trinajstić information content (AvgIpc) is 3.32. The van der Waals surface area contributed by atoms with Crippen LogP contribution < -0.4 is 0 Å². The first-order valence-electron chi connectivity index (χ1n) is 20.1. The van der Waals surface area contributed by atoms with Crippen LogP contribution in [-0.4, -0.2) is 11.5 Å². The van der Waals surface area contributed by atoms with Gasteiger partial charge in [0.15, 0.2) is 5.84 Å². The van der Waals surface area contributed by atoms with Crippen LogP contribution in [0.1, 0.15) is 18.1 Å². The maximum Gasteiger partial charge on any atom is 0.160 e. The molecule has 0 saturated heterocycles. The maximum atomic E-state index is 5.44. The molecule has 2 heteroatoms. The van der Waals surface area contributed by atoms with Crippen molar-refractivity contribution in [1.29, 1.82) is 0 Å². The van der Waals surface area contributed by atoms with Crippen molar-refractivity contribution in [2.24, 2.45) is 9.98 Å². The number of nitrogens with zero attached hydrogens (tertiary/aromatic N) is 2. The Morgan fingerprint density at radius 2 is 0.678 bits per heavy atom. The summed E-state index contributed by atoms with van der Waals surface area (Å²) in [5.41, 5.74) is 17.4. The van der Waals surface area contributed by atoms with Crippen LogP contribution in [0.25, 0.3) is 66.8 Å². The molecule has 0 N–H and O–H groups in total. The molecule has 9 aromatic carbocycles. The standard InChI is InChI=1S/C57H42N2/c1-41(50-36-51(43-23-10-3-11-24-43)38-52(37-50)49-34-20-33-48(35-49)42-21-8-2-9-22-42)58-57(47-31-18-7-19-32-47)59-53-39-54(44-25-12-4-13-26-44)56(46-29-16-6-17-30-46)55(40-53)45-27-14-5-15-28-45/h2-40H,1H3. The van der Waals surface area contributed by atoms with E-state index in [0.29, 0.717) is 5.84 Å². The topological polar surface area (TPSA) is 24.7 Å². The molecular formula is C57H42N2. The molecule has 280 valence electrons. The maximum absolute atomic E-state index is 5.44. The van der Waals surface area contributed by atoms with Crippen LogP contribution in [0, 0.1) is 0 Å². The number of aliphatic imine (C=N–C) groups is 2. The van der Waals surface area contributed by atoms with E-state index < -0.39 is 0 Å². The predicted molar refractivity (Wildman–Crippen MR) is 250 cm³/mol. The SMILES string of the molecule is CC(=NC(=Nc1cc(-c2ccccc2)c(-c2ccccc2)c(-c2ccccc2)c1)c1ccccc1)c1cc(-c2ccccc2)cc(-c2cccc(-c3ccccc3)c2)c1. The average molecular weight is 755 g/mol. The molecule has 0 spiro atoms. The second kappa shape index (κ2) is 17.2. The smallest absolute Gasteiger partial charge is 0.160 e. The molecule has 59 heavy (non-hydrogen) atoms. The van der Waals surface area contributed by atoms with E-state index in [1.807, 2.05) is 18.2 Å². The largest absolute Gasteiger partial charge is 0.233 e. The Morgan fingerprint density at radius 3 is 1.19 bits per heavy atom. The van der Waals surface area contributed by atoms with Crippen LogP contribution in [0.4, 0.5) is 5.69 Å². The molecule has 0 saturated carbocycles. The molecule has 0 aliphatic carbocycles. The molecule has 2 nitrogen and oxygen atoms in total. The quantitative estimate of drug-likeness (QED) is 0.104. The van der Waals surface area contributed by atoms with E-state index in [0.717, 1.165) is 72.6 Å². The first-order valence-corrected chi connectivity index (χ1v) is 20.1. The van der Waals surface area contributed by atoms with Crippen molar-refractivity contribution in [3.8, 4) is 66.8 Å². The lowest BCUT2D eigenvalue weighted by Gasteiger charge is -2.18. The van der Waals surface area contributed by atoms with Gasteiger partial charge in [-0.15, -0.1) is 0 Å². The van der Waals surface area contributed by atoms with Crippen LogP contribution in [0.15, 0.2) is 247 Å². The van der Waals surface area contributed by atoms with E-state index >= 15 is 0 Å². The molecule has 0 heterocycles. The first-order chi connectivity index (χ1) is 29.2. The molecule has 0 bridgehead atoms. The van der Waals surface area contributed by atoms with E-state index in [4.69, 9.17) is 9.98 Å². The summed E-state index contributed by atoms with van der Waals surface area (Å²) < 4.78 is 0. The van der Waals surface area contributed by atoms with Gasteiger partial charge in [0.05, 0.1) is 5.69 Å². The fourth-order valence-electron chi connectivity index (χ4n) is 7.69. The molecule has 0 aliphatic heterocycles. The Kier molecular flexibility index (Phi) is 10.8. The van der Waals surface area contributed by atoms with Crippen molar-refractivity contribution in [3.63, 3.8) is 0 Å². The predicted octanol–water partition coefficient (Wildman–Crippen LogP) is 15.3. The summed E-state index contributed by atoms with van der Waals surface area (Å²) in [4.78, 5) is 10.8. The van der Waals surface area contributed by atoms with Crippen LogP contribution >= 0.6 is 0 Å². The van der Waals surface area contributed by atoms with E-state index in [1.54, 1.807) is 0 Å². The van der Waals surface area contributed by atoms with E-state index in [1.165, 1.54) is 16.7 Å². The third-order valence-electron chi connectivity index (χ3n) is 10.7. The first kappa shape index (κ1) is 36.9. The lowest BCUT2D eigenvalue weighted by molar-refractivity contribution is 1.43. The van der Waals surface area contributed by atoms with Gasteiger partial charge in [-0.2, -0.15) is 0 Å². The van der Waals surface area contributed by atoms with Gasteiger partial charge in [-0.05, 0) is 116 Å². The monoisotopic (exact) mass is 754 g/mol. The number of rotatable bonds is 9.